The van der Waals surface area contributed by atoms with Crippen LogP contribution in [0.3, 0.4) is 0 Å². The Morgan fingerprint density at radius 3 is 3.00 bits per heavy atom. The Labute approximate surface area is 118 Å². The lowest BCUT2D eigenvalue weighted by molar-refractivity contribution is 0.863. The Morgan fingerprint density at radius 2 is 2.33 bits per heavy atom. The zero-order chi connectivity index (χ0) is 13.0. The van der Waals surface area contributed by atoms with Crippen molar-refractivity contribution in [3.05, 3.63) is 44.0 Å². The molecule has 0 amide bonds. The quantitative estimate of drug-likeness (QED) is 0.523. The first kappa shape index (κ1) is 13.7. The summed E-state index contributed by atoms with van der Waals surface area (Å²) in [4.78, 5) is 20.4. The Kier molecular flexibility index (Phi) is 4.91. The lowest BCUT2D eigenvalue weighted by atomic mass is 10.2. The second-order valence-electron chi connectivity index (χ2n) is 3.75. The van der Waals surface area contributed by atoms with E-state index in [1.165, 1.54) is 4.88 Å². The lowest BCUT2D eigenvalue weighted by Gasteiger charge is -2.05. The third kappa shape index (κ3) is 3.40. The van der Waals surface area contributed by atoms with Crippen molar-refractivity contribution in [2.45, 2.75) is 18.5 Å². The van der Waals surface area contributed by atoms with Crippen molar-refractivity contribution in [3.8, 4) is 0 Å². The smallest absolute Gasteiger partial charge is 0.254 e. The van der Waals surface area contributed by atoms with Crippen LogP contribution in [0.5, 0.6) is 0 Å². The van der Waals surface area contributed by atoms with Gasteiger partial charge in [-0.05, 0) is 24.6 Å². The molecule has 0 fully saturated rings. The van der Waals surface area contributed by atoms with E-state index in [1.807, 2.05) is 24.6 Å². The molecule has 0 spiro atoms. The van der Waals surface area contributed by atoms with Crippen molar-refractivity contribution in [2.24, 2.45) is 0 Å². The van der Waals surface area contributed by atoms with Gasteiger partial charge in [0.15, 0.2) is 5.16 Å². The summed E-state index contributed by atoms with van der Waals surface area (Å²) in [6.45, 7) is 1.83. The molecule has 0 atom stereocenters. The van der Waals surface area contributed by atoms with E-state index in [4.69, 9.17) is 0 Å². The third-order valence-electron chi connectivity index (χ3n) is 2.47. The minimum absolute atomic E-state index is 0.0276. The van der Waals surface area contributed by atoms with Crippen LogP contribution in [0.2, 0.25) is 0 Å². The number of nitrogens with zero attached hydrogens (tertiary/aromatic N) is 1. The molecule has 0 radical (unpaired) electrons. The van der Waals surface area contributed by atoms with Crippen LogP contribution in [0.1, 0.15) is 16.1 Å². The molecule has 2 aromatic heterocycles. The Morgan fingerprint density at radius 1 is 1.50 bits per heavy atom. The highest BCUT2D eigenvalue weighted by Gasteiger charge is 2.09. The van der Waals surface area contributed by atoms with Crippen LogP contribution >= 0.6 is 34.9 Å². The first-order valence-electron chi connectivity index (χ1n) is 5.44. The van der Waals surface area contributed by atoms with Crippen LogP contribution in [0.25, 0.3) is 0 Å². The number of aromatic nitrogens is 2. The average molecular weight is 298 g/mol. The maximum absolute atomic E-state index is 11.8. The first-order chi connectivity index (χ1) is 8.70. The van der Waals surface area contributed by atoms with Crippen LogP contribution < -0.4 is 5.56 Å². The van der Waals surface area contributed by atoms with Crippen molar-refractivity contribution in [2.75, 3.05) is 11.3 Å². The number of aromatic amines is 1. The number of thiophene rings is 1. The van der Waals surface area contributed by atoms with E-state index in [9.17, 15) is 4.79 Å². The summed E-state index contributed by atoms with van der Waals surface area (Å²) in [5, 5.41) is 3.65. The summed E-state index contributed by atoms with van der Waals surface area (Å²) in [6, 6.07) is 4.09. The van der Waals surface area contributed by atoms with Gasteiger partial charge in [-0.3, -0.25) is 4.79 Å². The summed E-state index contributed by atoms with van der Waals surface area (Å²) in [6.07, 6.45) is 2.77. The summed E-state index contributed by atoms with van der Waals surface area (Å²) in [7, 11) is 0. The average Bonchev–Trinajstić information content (AvgIpc) is 2.85. The zero-order valence-corrected chi connectivity index (χ0v) is 12.7. The monoisotopic (exact) mass is 298 g/mol. The Balaban J connectivity index is 2.27. The maximum atomic E-state index is 11.8. The van der Waals surface area contributed by atoms with Gasteiger partial charge >= 0.3 is 0 Å². The van der Waals surface area contributed by atoms with Crippen molar-refractivity contribution in [1.29, 1.82) is 0 Å². The molecule has 2 heterocycles. The van der Waals surface area contributed by atoms with E-state index >= 15 is 0 Å². The number of nitrogens with one attached hydrogen (secondary N) is 1. The molecule has 0 aliphatic rings. The second-order valence-corrected chi connectivity index (χ2v) is 6.98. The van der Waals surface area contributed by atoms with Gasteiger partial charge in [0.1, 0.15) is 0 Å². The summed E-state index contributed by atoms with van der Waals surface area (Å²) >= 11 is 4.98. The molecule has 96 valence electrons. The summed E-state index contributed by atoms with van der Waals surface area (Å²) in [5.74, 6) is 0. The van der Waals surface area contributed by atoms with Gasteiger partial charge in [0, 0.05) is 21.9 Å². The molecular formula is C12H14N2OS3. The molecule has 1 N–H and O–H groups in total. The largest absolute Gasteiger partial charge is 0.301 e. The second kappa shape index (κ2) is 6.45. The van der Waals surface area contributed by atoms with Gasteiger partial charge < -0.3 is 4.98 Å². The van der Waals surface area contributed by atoms with E-state index in [1.54, 1.807) is 34.9 Å². The molecule has 0 aliphatic carbocycles. The van der Waals surface area contributed by atoms with E-state index in [0.29, 0.717) is 5.16 Å². The molecule has 0 saturated carbocycles. The van der Waals surface area contributed by atoms with Crippen molar-refractivity contribution < 1.29 is 0 Å². The van der Waals surface area contributed by atoms with Gasteiger partial charge in [-0.25, -0.2) is 4.98 Å². The van der Waals surface area contributed by atoms with E-state index in [2.05, 4.69) is 16.0 Å². The Bertz CT molecular complexity index is 563. The van der Waals surface area contributed by atoms with Gasteiger partial charge in [0.05, 0.1) is 5.69 Å². The van der Waals surface area contributed by atoms with Crippen molar-refractivity contribution in [1.82, 2.24) is 9.97 Å². The summed E-state index contributed by atoms with van der Waals surface area (Å²) < 4.78 is 0. The molecule has 0 bridgehead atoms. The normalized spacial score (nSPS) is 10.8. The molecule has 0 saturated heterocycles. The highest BCUT2D eigenvalue weighted by molar-refractivity contribution is 8.15. The number of thioether (sulfide) groups is 2. The number of hydrogen-bond acceptors (Lipinski definition) is 5. The van der Waals surface area contributed by atoms with E-state index in [0.717, 1.165) is 22.8 Å². The van der Waals surface area contributed by atoms with E-state index in [-0.39, 0.29) is 5.56 Å². The fraction of sp³-hybridized carbons (Fsp3) is 0.333. The topological polar surface area (TPSA) is 45.8 Å². The minimum Gasteiger partial charge on any atom is -0.301 e. The van der Waals surface area contributed by atoms with Gasteiger partial charge in [-0.15, -0.1) is 11.3 Å². The highest BCUT2D eigenvalue weighted by Crippen LogP contribution is 2.19. The number of H-pyrrole nitrogens is 1. The predicted octanol–water partition coefficient (Wildman–Crippen LogP) is 3.14. The van der Waals surface area contributed by atoms with Gasteiger partial charge in [0.2, 0.25) is 0 Å². The predicted molar refractivity (Wildman–Crippen MR) is 81.0 cm³/mol. The van der Waals surface area contributed by atoms with E-state index < -0.39 is 0 Å². The van der Waals surface area contributed by atoms with Crippen molar-refractivity contribution >= 4 is 34.9 Å². The fourth-order valence-corrected chi connectivity index (χ4v) is 3.46. The minimum atomic E-state index is -0.0276. The third-order valence-corrected chi connectivity index (χ3v) is 5.22. The fourth-order valence-electron chi connectivity index (χ4n) is 1.49. The molecule has 18 heavy (non-hydrogen) atoms. The summed E-state index contributed by atoms with van der Waals surface area (Å²) in [5.41, 5.74) is 1.57. The lowest BCUT2D eigenvalue weighted by Crippen LogP contribution is -2.16. The number of rotatable bonds is 5. The molecule has 6 heteroatoms. The molecule has 2 rings (SSSR count). The highest BCUT2D eigenvalue weighted by atomic mass is 32.2. The van der Waals surface area contributed by atoms with Crippen molar-refractivity contribution in [3.63, 3.8) is 0 Å². The van der Waals surface area contributed by atoms with Crippen LogP contribution in [0, 0.1) is 6.92 Å². The molecular weight excluding hydrogens is 284 g/mol. The zero-order valence-electron chi connectivity index (χ0n) is 10.2. The first-order valence-corrected chi connectivity index (χ1v) is 8.70. The van der Waals surface area contributed by atoms with Crippen LogP contribution in [-0.2, 0) is 6.42 Å². The van der Waals surface area contributed by atoms with Gasteiger partial charge in [-0.1, -0.05) is 17.8 Å². The van der Waals surface area contributed by atoms with Gasteiger partial charge in [-0.2, -0.15) is 11.8 Å². The SMILES string of the molecule is CSCSc1nc(Cc2cccs2)c(C)c(=O)[nH]1. The van der Waals surface area contributed by atoms with Gasteiger partial charge in [0.25, 0.3) is 5.56 Å². The molecule has 3 nitrogen and oxygen atoms in total. The molecule has 0 unspecified atom stereocenters. The molecule has 0 aliphatic heterocycles. The molecule has 2 aromatic rings. The van der Waals surface area contributed by atoms with Crippen LogP contribution in [-0.4, -0.2) is 21.3 Å². The maximum Gasteiger partial charge on any atom is 0.254 e. The number of hydrogen-bond donors (Lipinski definition) is 1. The standard InChI is InChI=1S/C12H14N2OS3/c1-8-10(6-9-4-3-5-17-9)13-12(14-11(8)15)18-7-16-2/h3-5H,6-7H2,1-2H3,(H,13,14,15). The Hall–Kier alpha value is -0.720. The van der Waals surface area contributed by atoms with Crippen LogP contribution in [0.15, 0.2) is 27.5 Å². The van der Waals surface area contributed by atoms with Crippen LogP contribution in [0.4, 0.5) is 0 Å². The molecule has 0 aromatic carbocycles.